The first kappa shape index (κ1) is 15.6. The van der Waals surface area contributed by atoms with E-state index in [2.05, 4.69) is 13.5 Å². The summed E-state index contributed by atoms with van der Waals surface area (Å²) in [4.78, 5) is 0. The van der Waals surface area contributed by atoms with Crippen LogP contribution in [-0.2, 0) is 14.2 Å². The molecule has 4 heteroatoms. The molecule has 1 aliphatic heterocycles. The van der Waals surface area contributed by atoms with Gasteiger partial charge in [0.05, 0.1) is 25.4 Å². The van der Waals surface area contributed by atoms with Crippen LogP contribution >= 0.6 is 0 Å². The molecule has 18 heavy (non-hydrogen) atoms. The minimum Gasteiger partial charge on any atom is -0.393 e. The summed E-state index contributed by atoms with van der Waals surface area (Å²) in [5, 5.41) is 9.75. The van der Waals surface area contributed by atoms with E-state index in [9.17, 15) is 5.11 Å². The molecule has 1 heterocycles. The summed E-state index contributed by atoms with van der Waals surface area (Å²) in [6.07, 6.45) is 4.46. The maximum atomic E-state index is 9.75. The van der Waals surface area contributed by atoms with Crippen LogP contribution in [0.5, 0.6) is 0 Å². The van der Waals surface area contributed by atoms with Gasteiger partial charge in [-0.25, -0.2) is 0 Å². The van der Waals surface area contributed by atoms with Crippen molar-refractivity contribution in [2.75, 3.05) is 20.3 Å². The molecule has 0 aliphatic carbocycles. The normalized spacial score (nSPS) is 21.7. The second kappa shape index (κ2) is 8.64. The van der Waals surface area contributed by atoms with E-state index in [1.165, 1.54) is 0 Å². The van der Waals surface area contributed by atoms with Crippen molar-refractivity contribution >= 4 is 0 Å². The second-order valence-corrected chi connectivity index (χ2v) is 5.02. The smallest absolute Gasteiger partial charge is 0.158 e. The van der Waals surface area contributed by atoms with Crippen LogP contribution in [0.3, 0.4) is 0 Å². The van der Waals surface area contributed by atoms with Crippen molar-refractivity contribution in [3.8, 4) is 0 Å². The summed E-state index contributed by atoms with van der Waals surface area (Å²) < 4.78 is 16.3. The fraction of sp³-hybridized carbons (Fsp3) is 0.857. The predicted molar refractivity (Wildman–Crippen MR) is 70.3 cm³/mol. The highest BCUT2D eigenvalue weighted by Crippen LogP contribution is 2.21. The van der Waals surface area contributed by atoms with Crippen LogP contribution in [0.15, 0.2) is 12.7 Å². The van der Waals surface area contributed by atoms with E-state index >= 15 is 0 Å². The zero-order valence-corrected chi connectivity index (χ0v) is 11.5. The molecule has 1 fully saturated rings. The fourth-order valence-electron chi connectivity index (χ4n) is 2.30. The Hall–Kier alpha value is -0.420. The molecule has 4 nitrogen and oxygen atoms in total. The van der Waals surface area contributed by atoms with Gasteiger partial charge in [-0.15, -0.1) is 6.58 Å². The molecule has 0 aromatic carbocycles. The number of methoxy groups -OCH3 is 1. The summed E-state index contributed by atoms with van der Waals surface area (Å²) >= 11 is 0. The molecule has 1 N–H and O–H groups in total. The number of rotatable bonds is 9. The molecule has 106 valence electrons. The van der Waals surface area contributed by atoms with E-state index in [4.69, 9.17) is 14.2 Å². The minimum absolute atomic E-state index is 0.0596. The maximum Gasteiger partial charge on any atom is 0.158 e. The van der Waals surface area contributed by atoms with Gasteiger partial charge in [0.15, 0.2) is 6.29 Å². The molecule has 0 spiro atoms. The van der Waals surface area contributed by atoms with Crippen molar-refractivity contribution in [3.05, 3.63) is 12.7 Å². The first-order chi connectivity index (χ1) is 8.65. The monoisotopic (exact) mass is 258 g/mol. The maximum absolute atomic E-state index is 9.75. The van der Waals surface area contributed by atoms with Crippen LogP contribution in [0.4, 0.5) is 0 Å². The zero-order valence-electron chi connectivity index (χ0n) is 11.5. The van der Waals surface area contributed by atoms with Gasteiger partial charge in [0.2, 0.25) is 0 Å². The Bertz CT molecular complexity index is 226. The van der Waals surface area contributed by atoms with Crippen molar-refractivity contribution in [2.24, 2.45) is 5.92 Å². The third-order valence-corrected chi connectivity index (χ3v) is 3.26. The minimum atomic E-state index is -0.362. The zero-order chi connectivity index (χ0) is 13.4. The van der Waals surface area contributed by atoms with Crippen molar-refractivity contribution in [1.29, 1.82) is 0 Å². The van der Waals surface area contributed by atoms with E-state index in [0.29, 0.717) is 32.0 Å². The SMILES string of the molecule is C=CC[C@H](O)C[C@H](C[C@H](C)CC1OCCO1)OC. The summed E-state index contributed by atoms with van der Waals surface area (Å²) in [7, 11) is 1.70. The lowest BCUT2D eigenvalue weighted by molar-refractivity contribution is -0.0610. The van der Waals surface area contributed by atoms with E-state index in [1.807, 2.05) is 0 Å². The van der Waals surface area contributed by atoms with E-state index in [0.717, 1.165) is 12.8 Å². The standard InChI is InChI=1S/C14H26O4/c1-4-5-12(15)10-13(16-3)8-11(2)9-14-17-6-7-18-14/h4,11-15H,1,5-10H2,2-3H3/t11-,12-,13-/m0/s1. The highest BCUT2D eigenvalue weighted by atomic mass is 16.7. The molecule has 1 rings (SSSR count). The molecule has 1 saturated heterocycles. The van der Waals surface area contributed by atoms with Gasteiger partial charge in [0.25, 0.3) is 0 Å². The van der Waals surface area contributed by atoms with E-state index in [1.54, 1.807) is 13.2 Å². The van der Waals surface area contributed by atoms with Crippen LogP contribution in [-0.4, -0.2) is 43.9 Å². The first-order valence-electron chi connectivity index (χ1n) is 6.70. The van der Waals surface area contributed by atoms with Gasteiger partial charge >= 0.3 is 0 Å². The summed E-state index contributed by atoms with van der Waals surface area (Å²) in [5.74, 6) is 0.453. The van der Waals surface area contributed by atoms with Gasteiger partial charge in [-0.3, -0.25) is 0 Å². The molecule has 3 atom stereocenters. The topological polar surface area (TPSA) is 47.9 Å². The molecule has 0 bridgehead atoms. The molecular weight excluding hydrogens is 232 g/mol. The predicted octanol–water partition coefficient (Wildman–Crippen LogP) is 2.12. The molecule has 0 aromatic heterocycles. The number of hydrogen-bond donors (Lipinski definition) is 1. The summed E-state index contributed by atoms with van der Waals surface area (Å²) in [6, 6.07) is 0. The average molecular weight is 258 g/mol. The van der Waals surface area contributed by atoms with Crippen molar-refractivity contribution in [3.63, 3.8) is 0 Å². The van der Waals surface area contributed by atoms with Gasteiger partial charge in [-0.2, -0.15) is 0 Å². The second-order valence-electron chi connectivity index (χ2n) is 5.02. The highest BCUT2D eigenvalue weighted by molar-refractivity contribution is 4.76. The van der Waals surface area contributed by atoms with E-state index < -0.39 is 0 Å². The molecule has 1 aliphatic rings. The third kappa shape index (κ3) is 5.96. The first-order valence-corrected chi connectivity index (χ1v) is 6.70. The molecular formula is C14H26O4. The molecule has 0 amide bonds. The van der Waals surface area contributed by atoms with Crippen LogP contribution in [0.25, 0.3) is 0 Å². The lowest BCUT2D eigenvalue weighted by atomic mass is 9.96. The van der Waals surface area contributed by atoms with Gasteiger partial charge < -0.3 is 19.3 Å². The van der Waals surface area contributed by atoms with Crippen LogP contribution in [0, 0.1) is 5.92 Å². The Morgan fingerprint density at radius 3 is 2.61 bits per heavy atom. The van der Waals surface area contributed by atoms with Gasteiger partial charge in [-0.05, 0) is 25.2 Å². The van der Waals surface area contributed by atoms with Crippen molar-refractivity contribution in [2.45, 2.75) is 51.1 Å². The Morgan fingerprint density at radius 2 is 2.06 bits per heavy atom. The van der Waals surface area contributed by atoms with Crippen LogP contribution in [0.1, 0.15) is 32.6 Å². The Balaban J connectivity index is 2.25. The van der Waals surface area contributed by atoms with Crippen molar-refractivity contribution < 1.29 is 19.3 Å². The Morgan fingerprint density at radius 1 is 1.39 bits per heavy atom. The van der Waals surface area contributed by atoms with Gasteiger partial charge in [0.1, 0.15) is 0 Å². The van der Waals surface area contributed by atoms with Gasteiger partial charge in [-0.1, -0.05) is 13.0 Å². The summed E-state index contributed by atoms with van der Waals surface area (Å²) in [5.41, 5.74) is 0. The third-order valence-electron chi connectivity index (χ3n) is 3.26. The Labute approximate surface area is 110 Å². The molecule has 0 radical (unpaired) electrons. The lowest BCUT2D eigenvalue weighted by Crippen LogP contribution is -2.23. The van der Waals surface area contributed by atoms with E-state index in [-0.39, 0.29) is 18.5 Å². The number of aliphatic hydroxyl groups is 1. The fourth-order valence-corrected chi connectivity index (χ4v) is 2.30. The Kier molecular flexibility index (Phi) is 7.51. The van der Waals surface area contributed by atoms with Gasteiger partial charge in [0, 0.05) is 13.5 Å². The largest absolute Gasteiger partial charge is 0.393 e. The molecule has 0 aromatic rings. The number of hydrogen-bond acceptors (Lipinski definition) is 4. The van der Waals surface area contributed by atoms with Crippen molar-refractivity contribution in [1.82, 2.24) is 0 Å². The van der Waals surface area contributed by atoms with Crippen LogP contribution in [0.2, 0.25) is 0 Å². The molecule has 0 unspecified atom stereocenters. The van der Waals surface area contributed by atoms with Crippen LogP contribution < -0.4 is 0 Å². The molecule has 0 saturated carbocycles. The number of ether oxygens (including phenoxy) is 3. The summed E-state index contributed by atoms with van der Waals surface area (Å²) in [6.45, 7) is 7.19. The average Bonchev–Trinajstić information content (AvgIpc) is 2.81. The highest BCUT2D eigenvalue weighted by Gasteiger charge is 2.22. The quantitative estimate of drug-likeness (QED) is 0.644. The number of aliphatic hydroxyl groups excluding tert-OH is 1. The lowest BCUT2D eigenvalue weighted by Gasteiger charge is -2.23.